The fraction of sp³-hybridized carbons (Fsp3) is 0.421. The van der Waals surface area contributed by atoms with Crippen LogP contribution in [0.4, 0.5) is 4.79 Å². The fourth-order valence-corrected chi connectivity index (χ4v) is 2.47. The maximum absolute atomic E-state index is 12.3. The molecule has 0 radical (unpaired) electrons. The number of barbiturate groups is 1. The van der Waals surface area contributed by atoms with Crippen LogP contribution in [0, 0.1) is 0 Å². The molecule has 1 heterocycles. The van der Waals surface area contributed by atoms with E-state index < -0.39 is 17.8 Å². The van der Waals surface area contributed by atoms with Gasteiger partial charge in [-0.2, -0.15) is 0 Å². The number of hydrogen-bond acceptors (Lipinski definition) is 5. The SMILES string of the molecule is CCCCOc1ccc(C=C2C(=O)N(C)C(=O)N(C)C2=O)cc1OCC. The molecule has 2 rings (SSSR count). The zero-order chi connectivity index (χ0) is 19.3. The van der Waals surface area contributed by atoms with Crippen LogP contribution in [-0.4, -0.2) is 55.0 Å². The predicted molar refractivity (Wildman–Crippen MR) is 96.9 cm³/mol. The van der Waals surface area contributed by atoms with Gasteiger partial charge < -0.3 is 9.47 Å². The zero-order valence-electron chi connectivity index (χ0n) is 15.6. The first-order valence-corrected chi connectivity index (χ1v) is 8.62. The summed E-state index contributed by atoms with van der Waals surface area (Å²) in [6.45, 7) is 5.00. The summed E-state index contributed by atoms with van der Waals surface area (Å²) < 4.78 is 11.3. The number of ether oxygens (including phenoxy) is 2. The smallest absolute Gasteiger partial charge is 0.333 e. The number of carbonyl (C=O) groups excluding carboxylic acids is 3. The third-order valence-corrected chi connectivity index (χ3v) is 3.98. The summed E-state index contributed by atoms with van der Waals surface area (Å²) in [6.07, 6.45) is 3.42. The van der Waals surface area contributed by atoms with Crippen molar-refractivity contribution >= 4 is 23.9 Å². The first-order chi connectivity index (χ1) is 12.4. The molecule has 1 aliphatic rings. The Kier molecular flexibility index (Phi) is 6.38. The van der Waals surface area contributed by atoms with Crippen molar-refractivity contribution in [2.75, 3.05) is 27.3 Å². The molecule has 1 saturated heterocycles. The van der Waals surface area contributed by atoms with Crippen LogP contribution in [0.3, 0.4) is 0 Å². The molecule has 0 spiro atoms. The quantitative estimate of drug-likeness (QED) is 0.424. The maximum Gasteiger partial charge on any atom is 0.333 e. The van der Waals surface area contributed by atoms with Crippen molar-refractivity contribution in [1.82, 2.24) is 9.80 Å². The standard InChI is InChI=1S/C19H24N2O5/c1-5-7-10-26-15-9-8-13(12-16(15)25-6-2)11-14-17(22)20(3)19(24)21(4)18(14)23/h8-9,11-12H,5-7,10H2,1-4H3. The lowest BCUT2D eigenvalue weighted by Crippen LogP contribution is -2.52. The molecule has 0 saturated carbocycles. The highest BCUT2D eigenvalue weighted by atomic mass is 16.5. The lowest BCUT2D eigenvalue weighted by molar-refractivity contribution is -0.134. The Morgan fingerprint density at radius 2 is 1.62 bits per heavy atom. The number of carbonyl (C=O) groups is 3. The molecule has 0 aromatic heterocycles. The van der Waals surface area contributed by atoms with E-state index in [0.29, 0.717) is 30.3 Å². The van der Waals surface area contributed by atoms with Gasteiger partial charge in [-0.25, -0.2) is 4.79 Å². The summed E-state index contributed by atoms with van der Waals surface area (Å²) in [6, 6.07) is 4.57. The molecule has 1 aliphatic heterocycles. The number of amides is 4. The highest BCUT2D eigenvalue weighted by molar-refractivity contribution is 6.30. The first kappa shape index (κ1) is 19.5. The molecule has 1 fully saturated rings. The summed E-state index contributed by atoms with van der Waals surface area (Å²) in [7, 11) is 2.69. The average molecular weight is 360 g/mol. The Hall–Kier alpha value is -2.83. The molecule has 0 atom stereocenters. The van der Waals surface area contributed by atoms with Crippen molar-refractivity contribution in [2.24, 2.45) is 0 Å². The molecule has 26 heavy (non-hydrogen) atoms. The normalized spacial score (nSPS) is 14.8. The van der Waals surface area contributed by atoms with E-state index in [9.17, 15) is 14.4 Å². The van der Waals surface area contributed by atoms with Gasteiger partial charge in [-0.05, 0) is 37.1 Å². The number of unbranched alkanes of at least 4 members (excludes halogenated alkanes) is 1. The van der Waals surface area contributed by atoms with Gasteiger partial charge in [0.15, 0.2) is 11.5 Å². The molecule has 0 aliphatic carbocycles. The molecule has 1 aromatic rings. The van der Waals surface area contributed by atoms with E-state index in [1.165, 1.54) is 20.2 Å². The van der Waals surface area contributed by atoms with Gasteiger partial charge in [-0.15, -0.1) is 0 Å². The Bertz CT molecular complexity index is 715. The largest absolute Gasteiger partial charge is 0.490 e. The highest BCUT2D eigenvalue weighted by Gasteiger charge is 2.37. The van der Waals surface area contributed by atoms with Crippen LogP contribution in [0.1, 0.15) is 32.3 Å². The molecule has 0 bridgehead atoms. The van der Waals surface area contributed by atoms with Crippen LogP contribution < -0.4 is 9.47 Å². The minimum atomic E-state index is -0.646. The molecule has 0 N–H and O–H groups in total. The highest BCUT2D eigenvalue weighted by Crippen LogP contribution is 2.30. The van der Waals surface area contributed by atoms with Crippen molar-refractivity contribution in [3.63, 3.8) is 0 Å². The molecule has 7 heteroatoms. The van der Waals surface area contributed by atoms with E-state index in [1.807, 2.05) is 6.92 Å². The summed E-state index contributed by atoms with van der Waals surface area (Å²) in [4.78, 5) is 38.2. The lowest BCUT2D eigenvalue weighted by atomic mass is 10.1. The van der Waals surface area contributed by atoms with Gasteiger partial charge >= 0.3 is 6.03 Å². The van der Waals surface area contributed by atoms with Crippen LogP contribution in [0.5, 0.6) is 11.5 Å². The van der Waals surface area contributed by atoms with Gasteiger partial charge in [0.05, 0.1) is 13.2 Å². The van der Waals surface area contributed by atoms with Gasteiger partial charge in [-0.1, -0.05) is 19.4 Å². The maximum atomic E-state index is 12.3. The second kappa shape index (κ2) is 8.51. The van der Waals surface area contributed by atoms with Crippen molar-refractivity contribution in [1.29, 1.82) is 0 Å². The zero-order valence-corrected chi connectivity index (χ0v) is 15.6. The Balaban J connectivity index is 2.34. The van der Waals surface area contributed by atoms with Crippen molar-refractivity contribution in [3.8, 4) is 11.5 Å². The van der Waals surface area contributed by atoms with Crippen LogP contribution in [0.25, 0.3) is 6.08 Å². The van der Waals surface area contributed by atoms with Gasteiger partial charge in [0, 0.05) is 14.1 Å². The van der Waals surface area contributed by atoms with E-state index in [1.54, 1.807) is 18.2 Å². The Morgan fingerprint density at radius 3 is 2.19 bits per heavy atom. The number of benzene rings is 1. The second-order valence-electron chi connectivity index (χ2n) is 5.91. The molecular weight excluding hydrogens is 336 g/mol. The van der Waals surface area contributed by atoms with E-state index in [-0.39, 0.29) is 5.57 Å². The molecule has 1 aromatic carbocycles. The van der Waals surface area contributed by atoms with E-state index in [2.05, 4.69) is 6.92 Å². The topological polar surface area (TPSA) is 76.2 Å². The van der Waals surface area contributed by atoms with Crippen LogP contribution in [0.2, 0.25) is 0 Å². The van der Waals surface area contributed by atoms with Crippen LogP contribution in [-0.2, 0) is 9.59 Å². The third-order valence-electron chi connectivity index (χ3n) is 3.98. The number of likely N-dealkylation sites (N-methyl/N-ethyl adjacent to an activating group) is 2. The minimum Gasteiger partial charge on any atom is -0.490 e. The Labute approximate surface area is 153 Å². The Morgan fingerprint density at radius 1 is 0.962 bits per heavy atom. The van der Waals surface area contributed by atoms with E-state index >= 15 is 0 Å². The number of nitrogens with zero attached hydrogens (tertiary/aromatic N) is 2. The van der Waals surface area contributed by atoms with Gasteiger partial charge in [-0.3, -0.25) is 19.4 Å². The number of urea groups is 1. The molecule has 7 nitrogen and oxygen atoms in total. The molecule has 140 valence electrons. The van der Waals surface area contributed by atoms with Gasteiger partial charge in [0.25, 0.3) is 11.8 Å². The van der Waals surface area contributed by atoms with Crippen LogP contribution >= 0.6 is 0 Å². The summed E-state index contributed by atoms with van der Waals surface area (Å²) in [5.41, 5.74) is 0.542. The molecular formula is C19H24N2O5. The first-order valence-electron chi connectivity index (χ1n) is 8.62. The van der Waals surface area contributed by atoms with Crippen molar-refractivity contribution in [2.45, 2.75) is 26.7 Å². The van der Waals surface area contributed by atoms with E-state index in [0.717, 1.165) is 22.6 Å². The van der Waals surface area contributed by atoms with Crippen LogP contribution in [0.15, 0.2) is 23.8 Å². The second-order valence-corrected chi connectivity index (χ2v) is 5.91. The van der Waals surface area contributed by atoms with Gasteiger partial charge in [0.1, 0.15) is 5.57 Å². The number of rotatable bonds is 7. The molecule has 4 amide bonds. The third kappa shape index (κ3) is 4.04. The summed E-state index contributed by atoms with van der Waals surface area (Å²) in [5, 5.41) is 0. The number of hydrogen-bond donors (Lipinski definition) is 0. The summed E-state index contributed by atoms with van der Waals surface area (Å²) in [5.74, 6) is -0.0849. The van der Waals surface area contributed by atoms with E-state index in [4.69, 9.17) is 9.47 Å². The van der Waals surface area contributed by atoms with Gasteiger partial charge in [0.2, 0.25) is 0 Å². The average Bonchev–Trinajstić information content (AvgIpc) is 2.64. The lowest BCUT2D eigenvalue weighted by Gasteiger charge is -2.28. The molecule has 0 unspecified atom stereocenters. The van der Waals surface area contributed by atoms with Crippen molar-refractivity contribution < 1.29 is 23.9 Å². The van der Waals surface area contributed by atoms with Crippen molar-refractivity contribution in [3.05, 3.63) is 29.3 Å². The minimum absolute atomic E-state index is 0.0725. The fourth-order valence-electron chi connectivity index (χ4n) is 2.47. The predicted octanol–water partition coefficient (Wildman–Crippen LogP) is 2.70. The number of imide groups is 2. The monoisotopic (exact) mass is 360 g/mol. The summed E-state index contributed by atoms with van der Waals surface area (Å²) >= 11 is 0.